The molecule has 3 N–H and O–H groups in total. The molecule has 49 heavy (non-hydrogen) atoms. The Morgan fingerprint density at radius 3 is 2.29 bits per heavy atom. The Bertz CT molecular complexity index is 1990. The molecule has 0 saturated heterocycles. The van der Waals surface area contributed by atoms with Gasteiger partial charge in [-0.25, -0.2) is 0 Å². The maximum Gasteiger partial charge on any atom is 0.272 e. The molecular weight excluding hydrogens is 653 g/mol. The number of carbonyl (C=O) groups is 3. The van der Waals surface area contributed by atoms with Gasteiger partial charge >= 0.3 is 0 Å². The average Bonchev–Trinajstić information content (AvgIpc) is 3.54. The lowest BCUT2D eigenvalue weighted by Gasteiger charge is -2.16. The van der Waals surface area contributed by atoms with Crippen molar-refractivity contribution in [1.29, 1.82) is 5.26 Å². The van der Waals surface area contributed by atoms with Gasteiger partial charge in [-0.3, -0.25) is 14.4 Å². The summed E-state index contributed by atoms with van der Waals surface area (Å²) in [6, 6.07) is 34.9. The smallest absolute Gasteiger partial charge is 0.272 e. The summed E-state index contributed by atoms with van der Waals surface area (Å²) < 4.78 is 5.52. The van der Waals surface area contributed by atoms with E-state index in [1.54, 1.807) is 72.8 Å². The quantitative estimate of drug-likeness (QED) is 0.0843. The van der Waals surface area contributed by atoms with Crippen LogP contribution in [-0.4, -0.2) is 29.6 Å². The first-order valence-electron chi connectivity index (χ1n) is 15.6. The summed E-state index contributed by atoms with van der Waals surface area (Å²) >= 11 is 2.68. The third kappa shape index (κ3) is 9.26. The normalized spacial score (nSPS) is 11.6. The molecule has 1 atom stereocenters. The molecule has 0 aliphatic carbocycles. The number of thioether (sulfide) groups is 1. The van der Waals surface area contributed by atoms with E-state index in [9.17, 15) is 19.6 Å². The number of rotatable bonds is 13. The minimum atomic E-state index is -0.513. The summed E-state index contributed by atoms with van der Waals surface area (Å²) in [7, 11) is 0. The second kappa shape index (κ2) is 17.0. The number of nitrogens with zero attached hydrogens (tertiary/aromatic N) is 1. The highest BCUT2D eigenvalue weighted by Gasteiger charge is 2.22. The molecule has 0 spiro atoms. The number of carbonyl (C=O) groups excluding carboxylic acids is 3. The van der Waals surface area contributed by atoms with Crippen molar-refractivity contribution in [2.45, 2.75) is 30.4 Å². The van der Waals surface area contributed by atoms with Gasteiger partial charge in [-0.05, 0) is 73.0 Å². The first-order valence-corrected chi connectivity index (χ1v) is 17.4. The van der Waals surface area contributed by atoms with Crippen molar-refractivity contribution in [3.8, 4) is 22.9 Å². The zero-order valence-electron chi connectivity index (χ0n) is 26.9. The summed E-state index contributed by atoms with van der Waals surface area (Å²) in [5, 5.41) is 20.4. The van der Waals surface area contributed by atoms with Gasteiger partial charge in [-0.15, -0.1) is 23.1 Å². The largest absolute Gasteiger partial charge is 0.494 e. The summed E-state index contributed by atoms with van der Waals surface area (Å²) in [6.45, 7) is 4.35. The molecule has 0 saturated carbocycles. The van der Waals surface area contributed by atoms with E-state index in [0.29, 0.717) is 46.2 Å². The Balaban J connectivity index is 1.30. The van der Waals surface area contributed by atoms with E-state index in [-0.39, 0.29) is 11.6 Å². The van der Waals surface area contributed by atoms with Crippen molar-refractivity contribution >= 4 is 57.6 Å². The number of anilines is 2. The van der Waals surface area contributed by atoms with E-state index in [2.05, 4.69) is 22.0 Å². The summed E-state index contributed by atoms with van der Waals surface area (Å²) in [5.74, 6) is -0.453. The highest BCUT2D eigenvalue weighted by Crippen LogP contribution is 2.36. The third-order valence-corrected chi connectivity index (χ3v) is 9.54. The van der Waals surface area contributed by atoms with Gasteiger partial charge in [0.2, 0.25) is 5.91 Å². The molecule has 246 valence electrons. The molecule has 1 aromatic heterocycles. The highest BCUT2D eigenvalue weighted by atomic mass is 32.2. The van der Waals surface area contributed by atoms with E-state index >= 15 is 0 Å². The fourth-order valence-electron chi connectivity index (χ4n) is 4.85. The minimum absolute atomic E-state index is 0.0565. The van der Waals surface area contributed by atoms with E-state index in [4.69, 9.17) is 4.74 Å². The van der Waals surface area contributed by atoms with Crippen LogP contribution in [0.1, 0.15) is 41.8 Å². The molecule has 5 aromatic rings. The van der Waals surface area contributed by atoms with Crippen molar-refractivity contribution in [2.24, 2.45) is 0 Å². The number of hydrogen-bond acceptors (Lipinski definition) is 7. The molecule has 5 rings (SSSR count). The lowest BCUT2D eigenvalue weighted by atomic mass is 10.1. The number of benzene rings is 4. The van der Waals surface area contributed by atoms with Crippen LogP contribution in [0.4, 0.5) is 10.7 Å². The number of ether oxygens (including phenoxy) is 1. The molecule has 8 nitrogen and oxygen atoms in total. The Hall–Kier alpha value is -5.63. The van der Waals surface area contributed by atoms with Crippen LogP contribution in [0, 0.1) is 11.3 Å². The third-order valence-electron chi connectivity index (χ3n) is 7.29. The van der Waals surface area contributed by atoms with Crippen LogP contribution in [0.2, 0.25) is 0 Å². The molecule has 0 radical (unpaired) electrons. The summed E-state index contributed by atoms with van der Waals surface area (Å²) in [5.41, 5.74) is 3.79. The first-order chi connectivity index (χ1) is 23.9. The Labute approximate surface area is 293 Å². The van der Waals surface area contributed by atoms with Crippen LogP contribution in [0.5, 0.6) is 5.75 Å². The van der Waals surface area contributed by atoms with Crippen molar-refractivity contribution in [2.75, 3.05) is 17.2 Å². The molecule has 0 aliphatic rings. The van der Waals surface area contributed by atoms with Crippen molar-refractivity contribution in [3.63, 3.8) is 0 Å². The predicted octanol–water partition coefficient (Wildman–Crippen LogP) is 8.60. The molecule has 10 heteroatoms. The molecular formula is C39H34N4O4S2. The van der Waals surface area contributed by atoms with E-state index in [1.165, 1.54) is 23.1 Å². The number of hydrogen-bond donors (Lipinski definition) is 3. The Morgan fingerprint density at radius 1 is 0.898 bits per heavy atom. The van der Waals surface area contributed by atoms with Crippen LogP contribution in [0.25, 0.3) is 17.2 Å². The maximum absolute atomic E-state index is 13.6. The van der Waals surface area contributed by atoms with Gasteiger partial charge in [0.1, 0.15) is 22.5 Å². The van der Waals surface area contributed by atoms with Crippen LogP contribution < -0.4 is 20.7 Å². The summed E-state index contributed by atoms with van der Waals surface area (Å²) in [6.07, 6.45) is 2.14. The first kappa shape index (κ1) is 34.7. The van der Waals surface area contributed by atoms with Crippen LogP contribution in [-0.2, 0) is 9.59 Å². The zero-order chi connectivity index (χ0) is 34.6. The van der Waals surface area contributed by atoms with Gasteiger partial charge in [0.05, 0.1) is 17.4 Å². The lowest BCUT2D eigenvalue weighted by Crippen LogP contribution is -2.30. The highest BCUT2D eigenvalue weighted by molar-refractivity contribution is 8.00. The molecule has 0 bridgehead atoms. The Kier molecular flexibility index (Phi) is 12.0. The molecule has 0 fully saturated rings. The van der Waals surface area contributed by atoms with Crippen LogP contribution in [0.3, 0.4) is 0 Å². The lowest BCUT2D eigenvalue weighted by molar-refractivity contribution is -0.116. The van der Waals surface area contributed by atoms with Gasteiger partial charge in [-0.2, -0.15) is 5.26 Å². The van der Waals surface area contributed by atoms with Crippen LogP contribution >= 0.6 is 23.1 Å². The number of amides is 3. The fourth-order valence-corrected chi connectivity index (χ4v) is 6.79. The van der Waals surface area contributed by atoms with Gasteiger partial charge in [-0.1, -0.05) is 73.7 Å². The molecule has 3 amide bonds. The van der Waals surface area contributed by atoms with Gasteiger partial charge in [0, 0.05) is 27.1 Å². The topological polar surface area (TPSA) is 120 Å². The number of nitrogens with one attached hydrogen (secondary N) is 3. The van der Waals surface area contributed by atoms with Crippen molar-refractivity contribution < 1.29 is 19.1 Å². The molecule has 1 heterocycles. The zero-order valence-corrected chi connectivity index (χ0v) is 28.6. The van der Waals surface area contributed by atoms with Crippen molar-refractivity contribution in [3.05, 3.63) is 137 Å². The number of nitriles is 1. The predicted molar refractivity (Wildman–Crippen MR) is 198 cm³/mol. The molecule has 1 unspecified atom stereocenters. The van der Waals surface area contributed by atoms with E-state index in [0.717, 1.165) is 16.0 Å². The summed E-state index contributed by atoms with van der Waals surface area (Å²) in [4.78, 5) is 40.8. The molecule has 4 aromatic carbocycles. The van der Waals surface area contributed by atoms with Gasteiger partial charge in [0.15, 0.2) is 0 Å². The fraction of sp³-hybridized carbons (Fsp3) is 0.128. The SMILES string of the molecule is CCOc1ccc(/C=C(/NC(=O)c2ccccc2)C(=O)Nc2cccc(SC(CC)C(=O)Nc3scc(-c4ccccc4)c3C#N)c2)cc1. The van der Waals surface area contributed by atoms with E-state index < -0.39 is 17.1 Å². The monoisotopic (exact) mass is 686 g/mol. The standard InChI is InChI=1S/C39H34N4O4S2/c1-3-35(38(46)43-39-32(24-40)33(25-48-39)27-12-7-5-8-13-27)49-31-17-11-16-29(23-31)41-37(45)34(42-36(44)28-14-9-6-10-15-28)22-26-18-20-30(21-19-26)47-4-2/h5-23,25,35H,3-4H2,1-2H3,(H,41,45)(H,42,44)(H,43,46)/b34-22+. The van der Waals surface area contributed by atoms with Crippen molar-refractivity contribution in [1.82, 2.24) is 5.32 Å². The van der Waals surface area contributed by atoms with Gasteiger partial charge < -0.3 is 20.7 Å². The second-order valence-corrected chi connectivity index (χ2v) is 12.9. The Morgan fingerprint density at radius 2 is 1.61 bits per heavy atom. The maximum atomic E-state index is 13.6. The van der Waals surface area contributed by atoms with Crippen LogP contribution in [0.15, 0.2) is 125 Å². The second-order valence-electron chi connectivity index (χ2n) is 10.7. The minimum Gasteiger partial charge on any atom is -0.494 e. The number of thiophene rings is 1. The molecule has 0 aliphatic heterocycles. The van der Waals surface area contributed by atoms with E-state index in [1.807, 2.05) is 61.7 Å². The van der Waals surface area contributed by atoms with Gasteiger partial charge in [0.25, 0.3) is 11.8 Å². The average molecular weight is 687 g/mol.